The highest BCUT2D eigenvalue weighted by atomic mass is 32.2. The Bertz CT molecular complexity index is 1130. The van der Waals surface area contributed by atoms with Crippen molar-refractivity contribution in [1.82, 2.24) is 19.5 Å². The number of hydrogen-bond acceptors (Lipinski definition) is 4. The Morgan fingerprint density at radius 2 is 1.90 bits per heavy atom. The second-order valence-corrected chi connectivity index (χ2v) is 8.66. The largest absolute Gasteiger partial charge is 0.267 e. The van der Waals surface area contributed by atoms with E-state index in [2.05, 4.69) is 14.8 Å². The van der Waals surface area contributed by atoms with E-state index in [4.69, 9.17) is 0 Å². The number of nitrogens with zero attached hydrogens (tertiary/aromatic N) is 3. The molecule has 0 fully saturated rings. The Hall–Kier alpha value is -2.65. The number of fused-ring (bicyclic) bond motifs is 1. The lowest BCUT2D eigenvalue weighted by molar-refractivity contribution is 0.503. The van der Waals surface area contributed by atoms with Gasteiger partial charge in [0.1, 0.15) is 5.69 Å². The molecule has 2 heterocycles. The standard InChI is InChI=1S/C20H20F2N4O2S/c21-16-9-8-14(13-17(16)22)29(27,28)24-11-12-26-19-7-2-1-5-15(19)20(25-26)18-6-3-4-10-23-18/h3-4,6,8-10,13,24H,1-2,5,7,11-12H2. The van der Waals surface area contributed by atoms with Gasteiger partial charge in [0.15, 0.2) is 11.6 Å². The fourth-order valence-corrected chi connectivity index (χ4v) is 4.61. The summed E-state index contributed by atoms with van der Waals surface area (Å²) in [5, 5.41) is 4.69. The summed E-state index contributed by atoms with van der Waals surface area (Å²) in [7, 11) is -3.95. The summed E-state index contributed by atoms with van der Waals surface area (Å²) in [5.74, 6) is -2.29. The van der Waals surface area contributed by atoms with E-state index in [1.54, 1.807) is 6.20 Å². The summed E-state index contributed by atoms with van der Waals surface area (Å²) in [6, 6.07) is 8.18. The van der Waals surface area contributed by atoms with Crippen molar-refractivity contribution in [3.05, 3.63) is 65.5 Å². The third-order valence-corrected chi connectivity index (χ3v) is 6.44. The van der Waals surface area contributed by atoms with E-state index in [0.29, 0.717) is 12.6 Å². The van der Waals surface area contributed by atoms with Crippen molar-refractivity contribution in [2.45, 2.75) is 37.1 Å². The maximum Gasteiger partial charge on any atom is 0.240 e. The molecule has 2 aromatic heterocycles. The number of sulfonamides is 1. The number of pyridine rings is 1. The van der Waals surface area contributed by atoms with Crippen molar-refractivity contribution in [3.63, 3.8) is 0 Å². The molecule has 6 nitrogen and oxygen atoms in total. The van der Waals surface area contributed by atoms with Crippen LogP contribution >= 0.6 is 0 Å². The Balaban J connectivity index is 1.53. The minimum atomic E-state index is -3.95. The van der Waals surface area contributed by atoms with Crippen molar-refractivity contribution in [2.24, 2.45) is 0 Å². The summed E-state index contributed by atoms with van der Waals surface area (Å²) < 4.78 is 55.4. The van der Waals surface area contributed by atoms with Gasteiger partial charge in [0.05, 0.1) is 17.1 Å². The van der Waals surface area contributed by atoms with Crippen LogP contribution in [0.25, 0.3) is 11.4 Å². The normalized spacial score (nSPS) is 14.0. The Morgan fingerprint density at radius 3 is 2.66 bits per heavy atom. The summed E-state index contributed by atoms with van der Waals surface area (Å²) >= 11 is 0. The van der Waals surface area contributed by atoms with Crippen molar-refractivity contribution < 1.29 is 17.2 Å². The Kier molecular flexibility index (Phi) is 5.42. The predicted molar refractivity (Wildman–Crippen MR) is 104 cm³/mol. The fraction of sp³-hybridized carbons (Fsp3) is 0.300. The van der Waals surface area contributed by atoms with Crippen LogP contribution in [0.4, 0.5) is 8.78 Å². The van der Waals surface area contributed by atoms with Gasteiger partial charge in [0, 0.05) is 24.0 Å². The zero-order valence-electron chi connectivity index (χ0n) is 15.6. The van der Waals surface area contributed by atoms with E-state index in [9.17, 15) is 17.2 Å². The van der Waals surface area contributed by atoms with Gasteiger partial charge in [-0.1, -0.05) is 6.07 Å². The molecule has 3 aromatic rings. The topological polar surface area (TPSA) is 76.9 Å². The van der Waals surface area contributed by atoms with Gasteiger partial charge < -0.3 is 0 Å². The van der Waals surface area contributed by atoms with E-state index in [1.807, 2.05) is 22.9 Å². The summed E-state index contributed by atoms with van der Waals surface area (Å²) in [6.07, 6.45) is 5.66. The van der Waals surface area contributed by atoms with E-state index < -0.39 is 21.7 Å². The molecule has 0 spiro atoms. The van der Waals surface area contributed by atoms with E-state index in [0.717, 1.165) is 54.9 Å². The van der Waals surface area contributed by atoms with Gasteiger partial charge in [0.25, 0.3) is 0 Å². The highest BCUT2D eigenvalue weighted by molar-refractivity contribution is 7.89. The van der Waals surface area contributed by atoms with E-state index in [1.165, 1.54) is 5.56 Å². The summed E-state index contributed by atoms with van der Waals surface area (Å²) in [5.41, 5.74) is 3.90. The minimum absolute atomic E-state index is 0.0805. The van der Waals surface area contributed by atoms with Gasteiger partial charge in [0.2, 0.25) is 10.0 Å². The quantitative estimate of drug-likeness (QED) is 0.668. The van der Waals surface area contributed by atoms with Crippen LogP contribution in [0.1, 0.15) is 24.1 Å². The van der Waals surface area contributed by atoms with Gasteiger partial charge in [-0.15, -0.1) is 0 Å². The van der Waals surface area contributed by atoms with Crippen LogP contribution in [-0.4, -0.2) is 29.7 Å². The fourth-order valence-electron chi connectivity index (χ4n) is 3.58. The molecule has 152 valence electrons. The smallest absolute Gasteiger partial charge is 0.240 e. The van der Waals surface area contributed by atoms with Crippen LogP contribution in [0, 0.1) is 11.6 Å². The maximum atomic E-state index is 13.4. The third kappa shape index (κ3) is 4.06. The van der Waals surface area contributed by atoms with Crippen LogP contribution < -0.4 is 4.72 Å². The van der Waals surface area contributed by atoms with Crippen LogP contribution in [0.3, 0.4) is 0 Å². The molecule has 1 N–H and O–H groups in total. The van der Waals surface area contributed by atoms with Crippen molar-refractivity contribution in [3.8, 4) is 11.4 Å². The molecular formula is C20H20F2N4O2S. The van der Waals surface area contributed by atoms with E-state index >= 15 is 0 Å². The molecule has 1 aliphatic carbocycles. The van der Waals surface area contributed by atoms with Crippen molar-refractivity contribution >= 4 is 10.0 Å². The molecule has 0 saturated carbocycles. The molecule has 0 atom stereocenters. The lowest BCUT2D eigenvalue weighted by Gasteiger charge is -2.14. The summed E-state index contributed by atoms with van der Waals surface area (Å²) in [6.45, 7) is 0.412. The van der Waals surface area contributed by atoms with Gasteiger partial charge in [-0.2, -0.15) is 5.10 Å². The lowest BCUT2D eigenvalue weighted by Crippen LogP contribution is -2.28. The molecule has 1 aromatic carbocycles. The molecule has 0 bridgehead atoms. The van der Waals surface area contributed by atoms with Gasteiger partial charge in [-0.05, 0) is 56.0 Å². The number of rotatable bonds is 6. The maximum absolute atomic E-state index is 13.4. The highest BCUT2D eigenvalue weighted by Crippen LogP contribution is 2.30. The molecule has 0 radical (unpaired) electrons. The van der Waals surface area contributed by atoms with Crippen LogP contribution in [0.15, 0.2) is 47.5 Å². The Morgan fingerprint density at radius 1 is 1.07 bits per heavy atom. The van der Waals surface area contributed by atoms with Crippen molar-refractivity contribution in [2.75, 3.05) is 6.54 Å². The number of halogens is 2. The first-order valence-corrected chi connectivity index (χ1v) is 10.9. The zero-order valence-corrected chi connectivity index (χ0v) is 16.4. The molecule has 0 unspecified atom stereocenters. The highest BCUT2D eigenvalue weighted by Gasteiger charge is 2.23. The monoisotopic (exact) mass is 418 g/mol. The number of benzene rings is 1. The van der Waals surface area contributed by atoms with Crippen LogP contribution in [-0.2, 0) is 29.4 Å². The molecule has 29 heavy (non-hydrogen) atoms. The molecular weight excluding hydrogens is 398 g/mol. The van der Waals surface area contributed by atoms with E-state index in [-0.39, 0.29) is 11.4 Å². The SMILES string of the molecule is O=S(=O)(NCCn1nc(-c2ccccn2)c2c1CCCC2)c1ccc(F)c(F)c1. The van der Waals surface area contributed by atoms with Crippen LogP contribution in [0.2, 0.25) is 0 Å². The first-order chi connectivity index (χ1) is 14.0. The van der Waals surface area contributed by atoms with Gasteiger partial charge in [-0.25, -0.2) is 21.9 Å². The van der Waals surface area contributed by atoms with Gasteiger partial charge >= 0.3 is 0 Å². The Labute approximate surface area is 167 Å². The third-order valence-electron chi connectivity index (χ3n) is 4.98. The average Bonchev–Trinajstić information content (AvgIpc) is 3.09. The molecule has 0 amide bonds. The number of nitrogens with one attached hydrogen (secondary N) is 1. The zero-order chi connectivity index (χ0) is 20.4. The second-order valence-electron chi connectivity index (χ2n) is 6.89. The lowest BCUT2D eigenvalue weighted by atomic mass is 9.95. The molecule has 0 aliphatic heterocycles. The van der Waals surface area contributed by atoms with Gasteiger partial charge in [-0.3, -0.25) is 9.67 Å². The van der Waals surface area contributed by atoms with Crippen molar-refractivity contribution in [1.29, 1.82) is 0 Å². The number of hydrogen-bond donors (Lipinski definition) is 1. The number of aromatic nitrogens is 3. The second kappa shape index (κ2) is 8.00. The molecule has 0 saturated heterocycles. The van der Waals surface area contributed by atoms with Crippen LogP contribution in [0.5, 0.6) is 0 Å². The summed E-state index contributed by atoms with van der Waals surface area (Å²) in [4.78, 5) is 4.08. The molecule has 1 aliphatic rings. The first kappa shape index (κ1) is 19.7. The average molecular weight is 418 g/mol. The minimum Gasteiger partial charge on any atom is -0.267 e. The first-order valence-electron chi connectivity index (χ1n) is 9.40. The molecule has 9 heteroatoms. The molecule has 4 rings (SSSR count). The predicted octanol–water partition coefficient (Wildman–Crippen LogP) is 3.08.